The fourth-order valence-corrected chi connectivity index (χ4v) is 3.47. The van der Waals surface area contributed by atoms with Crippen molar-refractivity contribution in [2.24, 2.45) is 0 Å². The van der Waals surface area contributed by atoms with Gasteiger partial charge in [0.05, 0.1) is 5.75 Å². The second-order valence-electron chi connectivity index (χ2n) is 4.82. The molecule has 1 N–H and O–H groups in total. The van der Waals surface area contributed by atoms with Gasteiger partial charge in [0.15, 0.2) is 0 Å². The normalized spacial score (nSPS) is 20.4. The summed E-state index contributed by atoms with van der Waals surface area (Å²) in [5, 5.41) is 3.32. The molecule has 1 aromatic rings. The number of nitrogens with zero attached hydrogens (tertiary/aromatic N) is 1. The predicted molar refractivity (Wildman–Crippen MR) is 72.7 cm³/mol. The zero-order valence-electron chi connectivity index (χ0n) is 10.7. The number of hydrogen-bond donors (Lipinski definition) is 1. The summed E-state index contributed by atoms with van der Waals surface area (Å²) in [5.41, 5.74) is 0.837. The van der Waals surface area contributed by atoms with Crippen LogP contribution in [0.1, 0.15) is 18.4 Å². The maximum atomic E-state index is 12.2. The summed E-state index contributed by atoms with van der Waals surface area (Å²) in [7, 11) is -1.54. The second-order valence-corrected chi connectivity index (χ2v) is 6.89. The molecule has 0 aromatic heterocycles. The third kappa shape index (κ3) is 3.54. The molecule has 100 valence electrons. The quantitative estimate of drug-likeness (QED) is 0.873. The first-order valence-corrected chi connectivity index (χ1v) is 7.90. The van der Waals surface area contributed by atoms with Gasteiger partial charge in [-0.1, -0.05) is 30.3 Å². The molecule has 1 fully saturated rings. The first-order chi connectivity index (χ1) is 8.58. The van der Waals surface area contributed by atoms with Gasteiger partial charge in [0.2, 0.25) is 10.0 Å². The maximum absolute atomic E-state index is 12.2. The topological polar surface area (TPSA) is 49.4 Å². The molecule has 18 heavy (non-hydrogen) atoms. The molecule has 1 aliphatic heterocycles. The van der Waals surface area contributed by atoms with Crippen LogP contribution in [0.15, 0.2) is 30.3 Å². The average molecular weight is 268 g/mol. The standard InChI is InChI=1S/C13H20N2O2S/c1-15(10-13-8-5-9-14-13)18(16,17)11-12-6-3-2-4-7-12/h2-4,6-7,13-14H,5,8-11H2,1H3. The molecule has 1 atom stereocenters. The molecular formula is C13H20N2O2S. The molecule has 2 rings (SSSR count). The van der Waals surface area contributed by atoms with Crippen LogP contribution in [0.25, 0.3) is 0 Å². The Morgan fingerprint density at radius 3 is 2.67 bits per heavy atom. The summed E-state index contributed by atoms with van der Waals surface area (Å²) in [6.07, 6.45) is 2.20. The van der Waals surface area contributed by atoms with Crippen molar-refractivity contribution < 1.29 is 8.42 Å². The van der Waals surface area contributed by atoms with Crippen LogP contribution in [-0.2, 0) is 15.8 Å². The molecular weight excluding hydrogens is 248 g/mol. The fraction of sp³-hybridized carbons (Fsp3) is 0.538. The minimum atomic E-state index is -3.21. The highest BCUT2D eigenvalue weighted by molar-refractivity contribution is 7.88. The molecule has 5 heteroatoms. The Labute approximate surface area is 109 Å². The van der Waals surface area contributed by atoms with Gasteiger partial charge in [-0.3, -0.25) is 0 Å². The van der Waals surface area contributed by atoms with E-state index in [0.717, 1.165) is 24.9 Å². The third-order valence-electron chi connectivity index (χ3n) is 3.31. The van der Waals surface area contributed by atoms with Crippen LogP contribution in [0.5, 0.6) is 0 Å². The maximum Gasteiger partial charge on any atom is 0.218 e. The van der Waals surface area contributed by atoms with Gasteiger partial charge in [0.1, 0.15) is 0 Å². The Morgan fingerprint density at radius 1 is 1.33 bits per heavy atom. The molecule has 1 heterocycles. The summed E-state index contributed by atoms with van der Waals surface area (Å²) >= 11 is 0. The SMILES string of the molecule is CN(CC1CCCN1)S(=O)(=O)Cc1ccccc1. The Morgan fingerprint density at radius 2 is 2.06 bits per heavy atom. The van der Waals surface area contributed by atoms with Gasteiger partial charge in [0.25, 0.3) is 0 Å². The fourth-order valence-electron chi connectivity index (χ4n) is 2.23. The van der Waals surface area contributed by atoms with Gasteiger partial charge in [-0.25, -0.2) is 12.7 Å². The first-order valence-electron chi connectivity index (χ1n) is 6.29. The van der Waals surface area contributed by atoms with Crippen LogP contribution in [0.3, 0.4) is 0 Å². The number of nitrogens with one attached hydrogen (secondary N) is 1. The second kappa shape index (κ2) is 5.82. The van der Waals surface area contributed by atoms with Gasteiger partial charge in [-0.2, -0.15) is 0 Å². The van der Waals surface area contributed by atoms with Crippen LogP contribution in [0.2, 0.25) is 0 Å². The van der Waals surface area contributed by atoms with E-state index in [4.69, 9.17) is 0 Å². The summed E-state index contributed by atoms with van der Waals surface area (Å²) < 4.78 is 25.8. The van der Waals surface area contributed by atoms with E-state index >= 15 is 0 Å². The highest BCUT2D eigenvalue weighted by Gasteiger charge is 2.23. The number of sulfonamides is 1. The lowest BCUT2D eigenvalue weighted by Crippen LogP contribution is -2.39. The number of hydrogen-bond acceptors (Lipinski definition) is 3. The molecule has 4 nitrogen and oxygen atoms in total. The minimum absolute atomic E-state index is 0.0804. The first kappa shape index (κ1) is 13.5. The van der Waals surface area contributed by atoms with Gasteiger partial charge >= 0.3 is 0 Å². The molecule has 1 aromatic carbocycles. The zero-order valence-corrected chi connectivity index (χ0v) is 11.5. The lowest BCUT2D eigenvalue weighted by Gasteiger charge is -2.21. The van der Waals surface area contributed by atoms with Gasteiger partial charge in [0, 0.05) is 19.6 Å². The average Bonchev–Trinajstić information content (AvgIpc) is 2.82. The van der Waals surface area contributed by atoms with Crippen LogP contribution in [0.4, 0.5) is 0 Å². The van der Waals surface area contributed by atoms with E-state index in [2.05, 4.69) is 5.32 Å². The highest BCUT2D eigenvalue weighted by Crippen LogP contribution is 2.12. The van der Waals surface area contributed by atoms with Crippen molar-refractivity contribution in [3.8, 4) is 0 Å². The Bertz CT molecular complexity index is 467. The molecule has 0 saturated carbocycles. The molecule has 0 bridgehead atoms. The molecule has 0 aliphatic carbocycles. The number of likely N-dealkylation sites (N-methyl/N-ethyl adjacent to an activating group) is 1. The number of rotatable bonds is 5. The van der Waals surface area contributed by atoms with E-state index in [1.54, 1.807) is 7.05 Å². The summed E-state index contributed by atoms with van der Waals surface area (Å²) in [6.45, 7) is 1.56. The molecule has 1 aliphatic rings. The van der Waals surface area contributed by atoms with E-state index in [1.807, 2.05) is 30.3 Å². The van der Waals surface area contributed by atoms with Crippen molar-refractivity contribution in [3.63, 3.8) is 0 Å². The smallest absolute Gasteiger partial charge is 0.218 e. The van der Waals surface area contributed by atoms with Gasteiger partial charge < -0.3 is 5.32 Å². The predicted octanol–water partition coefficient (Wildman–Crippen LogP) is 1.20. The van der Waals surface area contributed by atoms with E-state index < -0.39 is 10.0 Å². The summed E-state index contributed by atoms with van der Waals surface area (Å²) in [6, 6.07) is 9.62. The van der Waals surface area contributed by atoms with Crippen LogP contribution < -0.4 is 5.32 Å². The monoisotopic (exact) mass is 268 g/mol. The minimum Gasteiger partial charge on any atom is -0.313 e. The van der Waals surface area contributed by atoms with Gasteiger partial charge in [-0.05, 0) is 24.9 Å². The molecule has 1 unspecified atom stereocenters. The van der Waals surface area contributed by atoms with Crippen molar-refractivity contribution >= 4 is 10.0 Å². The Balaban J connectivity index is 1.97. The van der Waals surface area contributed by atoms with E-state index in [-0.39, 0.29) is 5.75 Å². The van der Waals surface area contributed by atoms with E-state index in [0.29, 0.717) is 12.6 Å². The lowest BCUT2D eigenvalue weighted by molar-refractivity contribution is 0.417. The lowest BCUT2D eigenvalue weighted by atomic mass is 10.2. The Hall–Kier alpha value is -0.910. The van der Waals surface area contributed by atoms with Crippen molar-refractivity contribution in [2.45, 2.75) is 24.6 Å². The zero-order chi connectivity index (χ0) is 13.0. The molecule has 1 saturated heterocycles. The Kier molecular flexibility index (Phi) is 4.37. The molecule has 0 radical (unpaired) electrons. The van der Waals surface area contributed by atoms with Crippen molar-refractivity contribution in [1.29, 1.82) is 0 Å². The third-order valence-corrected chi connectivity index (χ3v) is 5.10. The highest BCUT2D eigenvalue weighted by atomic mass is 32.2. The molecule has 0 spiro atoms. The van der Waals surface area contributed by atoms with Crippen LogP contribution >= 0.6 is 0 Å². The van der Waals surface area contributed by atoms with Crippen molar-refractivity contribution in [3.05, 3.63) is 35.9 Å². The van der Waals surface area contributed by atoms with Crippen molar-refractivity contribution in [2.75, 3.05) is 20.1 Å². The van der Waals surface area contributed by atoms with Gasteiger partial charge in [-0.15, -0.1) is 0 Å². The van der Waals surface area contributed by atoms with E-state index in [9.17, 15) is 8.42 Å². The van der Waals surface area contributed by atoms with E-state index in [1.165, 1.54) is 4.31 Å². The summed E-state index contributed by atoms with van der Waals surface area (Å²) in [4.78, 5) is 0. The molecule has 0 amide bonds. The number of benzene rings is 1. The van der Waals surface area contributed by atoms with Crippen LogP contribution in [-0.4, -0.2) is 38.9 Å². The van der Waals surface area contributed by atoms with Crippen LogP contribution in [0, 0.1) is 0 Å². The summed E-state index contributed by atoms with van der Waals surface area (Å²) in [5.74, 6) is 0.0804. The largest absolute Gasteiger partial charge is 0.313 e. The van der Waals surface area contributed by atoms with Crippen molar-refractivity contribution in [1.82, 2.24) is 9.62 Å².